The van der Waals surface area contributed by atoms with Gasteiger partial charge in [0.2, 0.25) is 0 Å². The summed E-state index contributed by atoms with van der Waals surface area (Å²) >= 11 is 0. The molecule has 2 atom stereocenters. The highest BCUT2D eigenvalue weighted by Gasteiger charge is 2.22. The minimum absolute atomic E-state index is 0.0179. The normalized spacial score (nSPS) is 23.0. The summed E-state index contributed by atoms with van der Waals surface area (Å²) in [7, 11) is 0. The van der Waals surface area contributed by atoms with Crippen LogP contribution in [0.1, 0.15) is 19.4 Å². The molecule has 1 heterocycles. The van der Waals surface area contributed by atoms with Crippen LogP contribution in [0.2, 0.25) is 0 Å². The van der Waals surface area contributed by atoms with Crippen LogP contribution in [0.15, 0.2) is 18.2 Å². The fourth-order valence-corrected chi connectivity index (χ4v) is 2.64. The third kappa shape index (κ3) is 4.41. The topological polar surface area (TPSA) is 64.8 Å². The summed E-state index contributed by atoms with van der Waals surface area (Å²) in [4.78, 5) is 12.8. The van der Waals surface area contributed by atoms with E-state index in [1.807, 2.05) is 6.92 Å². The lowest BCUT2D eigenvalue weighted by Crippen LogP contribution is -2.46. The van der Waals surface area contributed by atoms with Gasteiger partial charge in [0.15, 0.2) is 5.75 Å². The molecule has 1 fully saturated rings. The zero-order valence-corrected chi connectivity index (χ0v) is 12.7. The molecule has 0 aromatic heterocycles. The van der Waals surface area contributed by atoms with Crippen molar-refractivity contribution in [3.63, 3.8) is 0 Å². The minimum atomic E-state index is -0.409. The lowest BCUT2D eigenvalue weighted by molar-refractivity contribution is -0.385. The largest absolute Gasteiger partial charge is 0.485 e. The van der Waals surface area contributed by atoms with Crippen LogP contribution in [0, 0.1) is 17.0 Å². The molecular weight excluding hydrogens is 272 g/mol. The quantitative estimate of drug-likeness (QED) is 0.616. The van der Waals surface area contributed by atoms with Gasteiger partial charge in [0, 0.05) is 25.7 Å². The Labute approximate surface area is 124 Å². The number of rotatable bonds is 5. The molecule has 1 aromatic carbocycles. The van der Waals surface area contributed by atoms with E-state index in [9.17, 15) is 10.1 Å². The number of benzene rings is 1. The Kier molecular flexibility index (Phi) is 5.14. The van der Waals surface area contributed by atoms with Crippen LogP contribution in [0.5, 0.6) is 5.75 Å². The van der Waals surface area contributed by atoms with Gasteiger partial charge in [0.1, 0.15) is 6.61 Å². The molecule has 0 aliphatic carbocycles. The molecule has 6 heteroatoms. The summed E-state index contributed by atoms with van der Waals surface area (Å²) in [5.41, 5.74) is 0.966. The summed E-state index contributed by atoms with van der Waals surface area (Å²) in [5.74, 6) is 0.342. The maximum atomic E-state index is 11.0. The minimum Gasteiger partial charge on any atom is -0.485 e. The molecule has 1 aromatic rings. The van der Waals surface area contributed by atoms with E-state index in [2.05, 4.69) is 18.7 Å². The lowest BCUT2D eigenvalue weighted by Gasteiger charge is -2.35. The maximum absolute atomic E-state index is 11.0. The van der Waals surface area contributed by atoms with Gasteiger partial charge in [-0.2, -0.15) is 0 Å². The molecule has 1 aliphatic heterocycles. The van der Waals surface area contributed by atoms with Crippen molar-refractivity contribution in [3.05, 3.63) is 33.9 Å². The molecule has 0 spiro atoms. The average molecular weight is 294 g/mol. The fraction of sp³-hybridized carbons (Fsp3) is 0.600. The predicted molar refractivity (Wildman–Crippen MR) is 79.8 cm³/mol. The maximum Gasteiger partial charge on any atom is 0.310 e. The van der Waals surface area contributed by atoms with Gasteiger partial charge >= 0.3 is 5.69 Å². The van der Waals surface area contributed by atoms with Gasteiger partial charge in [-0.15, -0.1) is 0 Å². The van der Waals surface area contributed by atoms with Crippen molar-refractivity contribution in [2.24, 2.45) is 0 Å². The van der Waals surface area contributed by atoms with Gasteiger partial charge < -0.3 is 9.47 Å². The standard InChI is InChI=1S/C15H22N2O4/c1-11-4-5-14(17(18)19)15(8-11)20-7-6-16-9-12(2)21-13(3)10-16/h4-5,8,12-13H,6-7,9-10H2,1-3H3. The molecule has 0 amide bonds. The number of nitrogens with zero attached hydrogens (tertiary/aromatic N) is 2. The molecule has 1 aliphatic rings. The fourth-order valence-electron chi connectivity index (χ4n) is 2.64. The van der Waals surface area contributed by atoms with Crippen molar-refractivity contribution in [1.29, 1.82) is 0 Å². The summed E-state index contributed by atoms with van der Waals surface area (Å²) < 4.78 is 11.3. The van der Waals surface area contributed by atoms with Crippen molar-refractivity contribution in [2.45, 2.75) is 33.0 Å². The Balaban J connectivity index is 1.91. The van der Waals surface area contributed by atoms with Gasteiger partial charge in [-0.3, -0.25) is 15.0 Å². The molecule has 2 unspecified atom stereocenters. The van der Waals surface area contributed by atoms with E-state index in [1.54, 1.807) is 12.1 Å². The number of nitro groups is 1. The number of aryl methyl sites for hydroxylation is 1. The van der Waals surface area contributed by atoms with Crippen LogP contribution in [-0.4, -0.2) is 48.3 Å². The zero-order valence-electron chi connectivity index (χ0n) is 12.7. The number of hydrogen-bond acceptors (Lipinski definition) is 5. The van der Waals surface area contributed by atoms with Gasteiger partial charge in [0.25, 0.3) is 0 Å². The van der Waals surface area contributed by atoms with Crippen molar-refractivity contribution in [3.8, 4) is 5.75 Å². The van der Waals surface area contributed by atoms with Crippen molar-refractivity contribution in [1.82, 2.24) is 4.90 Å². The van der Waals surface area contributed by atoms with Gasteiger partial charge in [-0.05, 0) is 32.4 Å². The second-order valence-corrected chi connectivity index (χ2v) is 5.59. The van der Waals surface area contributed by atoms with Gasteiger partial charge in [0.05, 0.1) is 17.1 Å². The highest BCUT2D eigenvalue weighted by Crippen LogP contribution is 2.27. The number of ether oxygens (including phenoxy) is 2. The molecule has 1 saturated heterocycles. The predicted octanol–water partition coefficient (Wildman–Crippen LogP) is 2.39. The van der Waals surface area contributed by atoms with Crippen molar-refractivity contribution >= 4 is 5.69 Å². The summed E-state index contributed by atoms with van der Waals surface area (Å²) in [6.07, 6.45) is 0.420. The van der Waals surface area contributed by atoms with E-state index in [0.29, 0.717) is 12.4 Å². The van der Waals surface area contributed by atoms with Gasteiger partial charge in [-0.1, -0.05) is 6.07 Å². The first kappa shape index (κ1) is 15.7. The van der Waals surface area contributed by atoms with Crippen molar-refractivity contribution < 1.29 is 14.4 Å². The molecular formula is C15H22N2O4. The Morgan fingerprint density at radius 2 is 2.05 bits per heavy atom. The molecule has 21 heavy (non-hydrogen) atoms. The average Bonchev–Trinajstić information content (AvgIpc) is 2.37. The van der Waals surface area contributed by atoms with Crippen LogP contribution >= 0.6 is 0 Å². The zero-order chi connectivity index (χ0) is 15.4. The van der Waals surface area contributed by atoms with Crippen LogP contribution in [0.4, 0.5) is 5.69 Å². The van der Waals surface area contributed by atoms with E-state index in [0.717, 1.165) is 25.2 Å². The first-order valence-electron chi connectivity index (χ1n) is 7.21. The lowest BCUT2D eigenvalue weighted by atomic mass is 10.2. The van der Waals surface area contributed by atoms with Crippen LogP contribution in [-0.2, 0) is 4.74 Å². The molecule has 0 saturated carbocycles. The second-order valence-electron chi connectivity index (χ2n) is 5.59. The number of morpholine rings is 1. The number of hydrogen-bond donors (Lipinski definition) is 0. The highest BCUT2D eigenvalue weighted by atomic mass is 16.6. The Morgan fingerprint density at radius 1 is 1.38 bits per heavy atom. The van der Waals surface area contributed by atoms with E-state index in [-0.39, 0.29) is 17.9 Å². The number of nitro benzene ring substituents is 1. The molecule has 116 valence electrons. The summed E-state index contributed by atoms with van der Waals surface area (Å²) in [5, 5.41) is 11.0. The molecule has 0 radical (unpaired) electrons. The summed E-state index contributed by atoms with van der Waals surface area (Å²) in [6, 6.07) is 4.92. The van der Waals surface area contributed by atoms with Crippen LogP contribution < -0.4 is 4.74 Å². The van der Waals surface area contributed by atoms with Crippen LogP contribution in [0.25, 0.3) is 0 Å². The molecule has 0 N–H and O–H groups in total. The van der Waals surface area contributed by atoms with Crippen LogP contribution in [0.3, 0.4) is 0 Å². The van der Waals surface area contributed by atoms with E-state index in [1.165, 1.54) is 6.07 Å². The smallest absolute Gasteiger partial charge is 0.310 e. The Morgan fingerprint density at radius 3 is 2.67 bits per heavy atom. The second kappa shape index (κ2) is 6.87. The van der Waals surface area contributed by atoms with Crippen molar-refractivity contribution in [2.75, 3.05) is 26.2 Å². The highest BCUT2D eigenvalue weighted by molar-refractivity contribution is 5.48. The third-order valence-electron chi connectivity index (χ3n) is 3.47. The van der Waals surface area contributed by atoms with E-state index in [4.69, 9.17) is 9.47 Å². The molecule has 2 rings (SSSR count). The monoisotopic (exact) mass is 294 g/mol. The van der Waals surface area contributed by atoms with E-state index < -0.39 is 4.92 Å². The molecule has 0 bridgehead atoms. The summed E-state index contributed by atoms with van der Waals surface area (Å²) in [6.45, 7) is 8.89. The molecule has 6 nitrogen and oxygen atoms in total. The Hall–Kier alpha value is -1.66. The first-order valence-corrected chi connectivity index (χ1v) is 7.21. The van der Waals surface area contributed by atoms with Gasteiger partial charge in [-0.25, -0.2) is 0 Å². The third-order valence-corrected chi connectivity index (χ3v) is 3.47. The Bertz CT molecular complexity index is 496. The van der Waals surface area contributed by atoms with E-state index >= 15 is 0 Å². The first-order chi connectivity index (χ1) is 9.95. The SMILES string of the molecule is Cc1ccc([N+](=O)[O-])c(OCCN2CC(C)OC(C)C2)c1.